The first-order valence-corrected chi connectivity index (χ1v) is 14.8. The molecule has 2 fully saturated rings. The summed E-state index contributed by atoms with van der Waals surface area (Å²) in [6, 6.07) is 28.7. The molecule has 3 aromatic rings. The number of aliphatic hydroxyl groups is 1. The van der Waals surface area contributed by atoms with E-state index >= 15 is 0 Å². The Hall–Kier alpha value is -3.44. The second kappa shape index (κ2) is 12.4. The summed E-state index contributed by atoms with van der Waals surface area (Å²) in [4.78, 5) is 28.1. The third-order valence-electron chi connectivity index (χ3n) is 9.45. The summed E-state index contributed by atoms with van der Waals surface area (Å²) in [5.74, 6) is 0.587. The molecule has 1 aliphatic heterocycles. The molecule has 0 radical (unpaired) electrons. The van der Waals surface area contributed by atoms with Crippen LogP contribution in [0.4, 0.5) is 0 Å². The topological polar surface area (TPSA) is 69.6 Å². The van der Waals surface area contributed by atoms with Crippen LogP contribution in [0.2, 0.25) is 0 Å². The number of piperidine rings is 1. The minimum atomic E-state index is -1.32. The smallest absolute Gasteiger partial charge is 0.226 e. The van der Waals surface area contributed by atoms with E-state index in [4.69, 9.17) is 0 Å². The lowest BCUT2D eigenvalue weighted by Crippen LogP contribution is -2.50. The van der Waals surface area contributed by atoms with Gasteiger partial charge in [-0.15, -0.1) is 0 Å². The number of rotatable bonds is 8. The van der Waals surface area contributed by atoms with Gasteiger partial charge in [0.05, 0.1) is 12.5 Å². The fraction of sp³-hybridized carbons (Fsp3) is 0.429. The minimum absolute atomic E-state index is 0.0000604. The maximum absolute atomic E-state index is 13.2. The predicted octanol–water partition coefficient (Wildman–Crippen LogP) is 5.86. The van der Waals surface area contributed by atoms with Crippen molar-refractivity contribution >= 4 is 11.8 Å². The molecule has 1 atom stereocenters. The van der Waals surface area contributed by atoms with Gasteiger partial charge in [0.25, 0.3) is 0 Å². The fourth-order valence-electron chi connectivity index (χ4n) is 6.83. The number of amides is 2. The largest absolute Gasteiger partial charge is 0.378 e. The molecule has 1 aliphatic carbocycles. The molecule has 40 heavy (non-hydrogen) atoms. The summed E-state index contributed by atoms with van der Waals surface area (Å²) >= 11 is 0. The second-order valence-corrected chi connectivity index (χ2v) is 12.0. The van der Waals surface area contributed by atoms with E-state index in [1.165, 1.54) is 0 Å². The molecular formula is C35H42N2O3. The minimum Gasteiger partial charge on any atom is -0.378 e. The SMILES string of the molecule is C[C@@H](NC(=O)CC1CCC2(CC1)CCN(C(=O)Cc1ccccc1)CC2)C(O)(c1ccccc1)c1ccccc1. The van der Waals surface area contributed by atoms with Crippen LogP contribution in [-0.4, -0.2) is 41.0 Å². The molecule has 2 N–H and O–H groups in total. The Kier molecular flexibility index (Phi) is 8.70. The van der Waals surface area contributed by atoms with Crippen molar-refractivity contribution in [2.24, 2.45) is 11.3 Å². The Morgan fingerprint density at radius 1 is 0.850 bits per heavy atom. The zero-order valence-electron chi connectivity index (χ0n) is 23.6. The molecule has 0 bridgehead atoms. The van der Waals surface area contributed by atoms with Crippen LogP contribution in [0.3, 0.4) is 0 Å². The quantitative estimate of drug-likeness (QED) is 0.378. The first-order valence-electron chi connectivity index (χ1n) is 14.8. The Balaban J connectivity index is 1.12. The van der Waals surface area contributed by atoms with Crippen molar-refractivity contribution in [2.45, 2.75) is 69.9 Å². The summed E-state index contributed by atoms with van der Waals surface area (Å²) in [5, 5.41) is 15.1. The van der Waals surface area contributed by atoms with Crippen LogP contribution in [-0.2, 0) is 21.6 Å². The second-order valence-electron chi connectivity index (χ2n) is 12.0. The van der Waals surface area contributed by atoms with Crippen molar-refractivity contribution in [2.75, 3.05) is 13.1 Å². The lowest BCUT2D eigenvalue weighted by molar-refractivity contribution is -0.133. The van der Waals surface area contributed by atoms with Gasteiger partial charge in [-0.25, -0.2) is 0 Å². The van der Waals surface area contributed by atoms with Crippen molar-refractivity contribution in [3.63, 3.8) is 0 Å². The van der Waals surface area contributed by atoms with Crippen molar-refractivity contribution in [3.8, 4) is 0 Å². The molecular weight excluding hydrogens is 496 g/mol. The monoisotopic (exact) mass is 538 g/mol. The summed E-state index contributed by atoms with van der Waals surface area (Å²) in [7, 11) is 0. The summed E-state index contributed by atoms with van der Waals surface area (Å²) in [6.45, 7) is 3.57. The van der Waals surface area contributed by atoms with Crippen molar-refractivity contribution < 1.29 is 14.7 Å². The molecule has 1 spiro atoms. The third-order valence-corrected chi connectivity index (χ3v) is 9.45. The first-order chi connectivity index (χ1) is 19.4. The van der Waals surface area contributed by atoms with Crippen LogP contribution in [0.5, 0.6) is 0 Å². The molecule has 5 nitrogen and oxygen atoms in total. The van der Waals surface area contributed by atoms with E-state index in [2.05, 4.69) is 5.32 Å². The van der Waals surface area contributed by atoms with E-state index in [1.54, 1.807) is 0 Å². The van der Waals surface area contributed by atoms with Crippen molar-refractivity contribution in [1.29, 1.82) is 0 Å². The van der Waals surface area contributed by atoms with Crippen LogP contribution in [0, 0.1) is 11.3 Å². The van der Waals surface area contributed by atoms with Gasteiger partial charge in [-0.1, -0.05) is 91.0 Å². The number of hydrogen-bond acceptors (Lipinski definition) is 3. The molecule has 0 aromatic heterocycles. The highest BCUT2D eigenvalue weighted by Crippen LogP contribution is 2.47. The lowest BCUT2D eigenvalue weighted by Gasteiger charge is -2.46. The van der Waals surface area contributed by atoms with Gasteiger partial charge in [-0.3, -0.25) is 9.59 Å². The maximum atomic E-state index is 13.2. The van der Waals surface area contributed by atoms with Crippen molar-refractivity contribution in [3.05, 3.63) is 108 Å². The standard InChI is InChI=1S/C35H42N2O3/c1-27(35(40,30-13-7-3-8-14-30)31-15-9-4-10-16-31)36-32(38)25-29-17-19-34(20-18-29)21-23-37(24-22-34)33(39)26-28-11-5-2-6-12-28/h2-16,27,29,40H,17-26H2,1H3,(H,36,38)/t27-/m1/s1. The Morgan fingerprint density at radius 3 is 1.88 bits per heavy atom. The fourth-order valence-corrected chi connectivity index (χ4v) is 6.83. The number of likely N-dealkylation sites (tertiary alicyclic amines) is 1. The van der Waals surface area contributed by atoms with Crippen LogP contribution in [0.25, 0.3) is 0 Å². The predicted molar refractivity (Wildman–Crippen MR) is 158 cm³/mol. The lowest BCUT2D eigenvalue weighted by atomic mass is 9.65. The number of nitrogens with one attached hydrogen (secondary N) is 1. The molecule has 1 saturated carbocycles. The summed E-state index contributed by atoms with van der Waals surface area (Å²) in [6.07, 6.45) is 7.42. The summed E-state index contributed by atoms with van der Waals surface area (Å²) in [5.41, 5.74) is 1.60. The van der Waals surface area contributed by atoms with E-state index in [0.29, 0.717) is 24.2 Å². The molecule has 3 aromatic carbocycles. The molecule has 5 rings (SSSR count). The zero-order valence-corrected chi connectivity index (χ0v) is 23.6. The molecule has 2 aliphatic rings. The van der Waals surface area contributed by atoms with Gasteiger partial charge in [-0.05, 0) is 73.5 Å². The van der Waals surface area contributed by atoms with E-state index < -0.39 is 11.6 Å². The van der Waals surface area contributed by atoms with E-state index in [9.17, 15) is 14.7 Å². The van der Waals surface area contributed by atoms with Crippen LogP contribution in [0.15, 0.2) is 91.0 Å². The molecule has 210 valence electrons. The van der Waals surface area contributed by atoms with Crippen LogP contribution >= 0.6 is 0 Å². The van der Waals surface area contributed by atoms with Gasteiger partial charge in [0.15, 0.2) is 0 Å². The van der Waals surface area contributed by atoms with Gasteiger partial charge in [0.2, 0.25) is 11.8 Å². The number of hydrogen-bond donors (Lipinski definition) is 2. The average molecular weight is 539 g/mol. The van der Waals surface area contributed by atoms with E-state index in [-0.39, 0.29) is 11.8 Å². The van der Waals surface area contributed by atoms with Gasteiger partial charge in [-0.2, -0.15) is 0 Å². The van der Waals surface area contributed by atoms with Crippen LogP contribution < -0.4 is 5.32 Å². The zero-order chi connectivity index (χ0) is 28.0. The molecule has 2 amide bonds. The number of carbonyl (C=O) groups is 2. The van der Waals surface area contributed by atoms with E-state index in [1.807, 2.05) is 103 Å². The highest BCUT2D eigenvalue weighted by atomic mass is 16.3. The Labute approximate surface area is 238 Å². The number of nitrogens with zero attached hydrogens (tertiary/aromatic N) is 1. The van der Waals surface area contributed by atoms with Crippen LogP contribution in [0.1, 0.15) is 68.6 Å². The average Bonchev–Trinajstić information content (AvgIpc) is 2.99. The van der Waals surface area contributed by atoms with Gasteiger partial charge >= 0.3 is 0 Å². The summed E-state index contributed by atoms with van der Waals surface area (Å²) < 4.78 is 0. The van der Waals surface area contributed by atoms with Gasteiger partial charge < -0.3 is 15.3 Å². The molecule has 5 heteroatoms. The number of benzene rings is 3. The Bertz CT molecular complexity index is 1200. The van der Waals surface area contributed by atoms with Gasteiger partial charge in [0, 0.05) is 19.5 Å². The Morgan fingerprint density at radius 2 is 1.35 bits per heavy atom. The van der Waals surface area contributed by atoms with E-state index in [0.717, 1.165) is 68.3 Å². The molecule has 1 saturated heterocycles. The third kappa shape index (κ3) is 6.31. The first kappa shape index (κ1) is 28.1. The van der Waals surface area contributed by atoms with Crippen molar-refractivity contribution in [1.82, 2.24) is 10.2 Å². The van der Waals surface area contributed by atoms with Gasteiger partial charge in [0.1, 0.15) is 5.60 Å². The molecule has 1 heterocycles. The number of carbonyl (C=O) groups excluding carboxylic acids is 2. The normalized spacial score (nSPS) is 18.3. The highest BCUT2D eigenvalue weighted by molar-refractivity contribution is 5.79. The highest BCUT2D eigenvalue weighted by Gasteiger charge is 2.41. The molecule has 0 unspecified atom stereocenters. The maximum Gasteiger partial charge on any atom is 0.226 e.